The molecule has 2 fully saturated rings. The molecule has 1 aromatic heterocycles. The third kappa shape index (κ3) is 1.91. The van der Waals surface area contributed by atoms with E-state index in [4.69, 9.17) is 5.73 Å². The van der Waals surface area contributed by atoms with E-state index in [1.54, 1.807) is 0 Å². The number of aromatic nitrogens is 2. The van der Waals surface area contributed by atoms with Crippen molar-refractivity contribution in [3.8, 4) is 11.3 Å². The lowest BCUT2D eigenvalue weighted by Crippen LogP contribution is -2.51. The molecule has 2 unspecified atom stereocenters. The van der Waals surface area contributed by atoms with Gasteiger partial charge in [-0.05, 0) is 24.3 Å². The lowest BCUT2D eigenvalue weighted by molar-refractivity contribution is 0.297. The minimum absolute atomic E-state index is 0.647. The highest BCUT2D eigenvalue weighted by molar-refractivity contribution is 5.62. The molecular weight excluding hydrogens is 250 g/mol. The summed E-state index contributed by atoms with van der Waals surface area (Å²) < 4.78 is 0. The number of nitrogens with one attached hydrogen (secondary N) is 1. The summed E-state index contributed by atoms with van der Waals surface area (Å²) in [5.74, 6) is 1.76. The summed E-state index contributed by atoms with van der Waals surface area (Å²) in [6, 6.07) is 12.4. The second kappa shape index (κ2) is 4.45. The van der Waals surface area contributed by atoms with Gasteiger partial charge in [-0.25, -0.2) is 0 Å². The van der Waals surface area contributed by atoms with E-state index < -0.39 is 0 Å². The van der Waals surface area contributed by atoms with Crippen LogP contribution >= 0.6 is 0 Å². The number of nitrogens with two attached hydrogens (primary N) is 1. The Morgan fingerprint density at radius 1 is 1.05 bits per heavy atom. The molecular formula is C15H17N5. The van der Waals surface area contributed by atoms with E-state index in [9.17, 15) is 0 Å². The predicted octanol–water partition coefficient (Wildman–Crippen LogP) is 1.13. The summed E-state index contributed by atoms with van der Waals surface area (Å²) in [5.41, 5.74) is 8.38. The van der Waals surface area contributed by atoms with Crippen LogP contribution in [0.5, 0.6) is 0 Å². The Labute approximate surface area is 117 Å². The fourth-order valence-electron chi connectivity index (χ4n) is 2.94. The van der Waals surface area contributed by atoms with Crippen molar-refractivity contribution in [1.29, 1.82) is 0 Å². The van der Waals surface area contributed by atoms with E-state index in [0.29, 0.717) is 6.04 Å². The Kier molecular flexibility index (Phi) is 2.60. The first kappa shape index (κ1) is 11.7. The number of nitrogen functional groups attached to an aromatic ring is 1. The Bertz CT molecular complexity index is 595. The van der Waals surface area contributed by atoms with Crippen molar-refractivity contribution in [3.05, 3.63) is 36.4 Å². The molecule has 0 bridgehead atoms. The molecule has 5 nitrogen and oxygen atoms in total. The number of fused-ring (bicyclic) bond motifs is 1. The lowest BCUT2D eigenvalue weighted by atomic mass is 9.96. The maximum atomic E-state index is 5.69. The fraction of sp³-hybridized carbons (Fsp3) is 0.333. The second-order valence-corrected chi connectivity index (χ2v) is 5.58. The van der Waals surface area contributed by atoms with Crippen LogP contribution in [-0.4, -0.2) is 35.9 Å². The van der Waals surface area contributed by atoms with Crippen molar-refractivity contribution in [2.75, 3.05) is 30.3 Å². The van der Waals surface area contributed by atoms with Crippen LogP contribution in [-0.2, 0) is 0 Å². The van der Waals surface area contributed by atoms with Gasteiger partial charge in [0.15, 0.2) is 5.82 Å². The molecule has 3 N–H and O–H groups in total. The molecule has 3 heterocycles. The lowest BCUT2D eigenvalue weighted by Gasteiger charge is -2.29. The molecule has 2 aromatic rings. The maximum absolute atomic E-state index is 5.69. The zero-order valence-corrected chi connectivity index (χ0v) is 11.2. The van der Waals surface area contributed by atoms with Gasteiger partial charge in [-0.1, -0.05) is 12.1 Å². The largest absolute Gasteiger partial charge is 0.399 e. The first-order valence-corrected chi connectivity index (χ1v) is 6.97. The summed E-state index contributed by atoms with van der Waals surface area (Å²) in [7, 11) is 0. The molecule has 2 atom stereocenters. The van der Waals surface area contributed by atoms with E-state index in [0.717, 1.165) is 48.3 Å². The number of hydrogen-bond donors (Lipinski definition) is 2. The van der Waals surface area contributed by atoms with Gasteiger partial charge in [-0.2, -0.15) is 0 Å². The SMILES string of the molecule is Nc1ccc(-c2ccc(N3CC4CNC4C3)nn2)cc1. The molecule has 1 aromatic carbocycles. The van der Waals surface area contributed by atoms with Crippen molar-refractivity contribution in [3.63, 3.8) is 0 Å². The molecule has 2 aliphatic rings. The smallest absolute Gasteiger partial charge is 0.151 e. The molecule has 0 aliphatic carbocycles. The van der Waals surface area contributed by atoms with Gasteiger partial charge in [0.05, 0.1) is 5.69 Å². The number of rotatable bonds is 2. The number of hydrogen-bond acceptors (Lipinski definition) is 5. The highest BCUT2D eigenvalue weighted by atomic mass is 15.3. The highest BCUT2D eigenvalue weighted by Crippen LogP contribution is 2.27. The molecule has 2 saturated heterocycles. The van der Waals surface area contributed by atoms with E-state index in [-0.39, 0.29) is 0 Å². The van der Waals surface area contributed by atoms with Crippen molar-refractivity contribution < 1.29 is 0 Å². The van der Waals surface area contributed by atoms with Gasteiger partial charge in [0, 0.05) is 42.8 Å². The highest BCUT2D eigenvalue weighted by Gasteiger charge is 2.39. The zero-order chi connectivity index (χ0) is 13.5. The molecule has 0 spiro atoms. The standard InChI is InChI=1S/C15H17N5/c16-12-3-1-10(2-4-12)13-5-6-15(19-18-13)20-8-11-7-17-14(11)9-20/h1-6,11,14,17H,7-9,16H2. The van der Waals surface area contributed by atoms with Gasteiger partial charge < -0.3 is 16.0 Å². The van der Waals surface area contributed by atoms with Crippen LogP contribution in [0.4, 0.5) is 11.5 Å². The van der Waals surface area contributed by atoms with Crippen LogP contribution in [0.25, 0.3) is 11.3 Å². The van der Waals surface area contributed by atoms with Gasteiger partial charge in [0.1, 0.15) is 0 Å². The molecule has 0 amide bonds. The van der Waals surface area contributed by atoms with Gasteiger partial charge in [0.25, 0.3) is 0 Å². The number of benzene rings is 1. The number of anilines is 2. The topological polar surface area (TPSA) is 67.1 Å². The van der Waals surface area contributed by atoms with Crippen LogP contribution in [0, 0.1) is 5.92 Å². The van der Waals surface area contributed by atoms with Crippen LogP contribution in [0.1, 0.15) is 0 Å². The molecule has 4 rings (SSSR count). The van der Waals surface area contributed by atoms with Crippen LogP contribution < -0.4 is 16.0 Å². The first-order chi connectivity index (χ1) is 9.79. The Morgan fingerprint density at radius 2 is 1.90 bits per heavy atom. The summed E-state index contributed by atoms with van der Waals surface area (Å²) in [5, 5.41) is 12.2. The van der Waals surface area contributed by atoms with E-state index in [1.807, 2.05) is 30.3 Å². The van der Waals surface area contributed by atoms with Crippen molar-refractivity contribution in [1.82, 2.24) is 15.5 Å². The minimum atomic E-state index is 0.647. The first-order valence-electron chi connectivity index (χ1n) is 6.97. The van der Waals surface area contributed by atoms with Gasteiger partial charge in [-0.3, -0.25) is 0 Å². The van der Waals surface area contributed by atoms with Gasteiger partial charge in [-0.15, -0.1) is 10.2 Å². The second-order valence-electron chi connectivity index (χ2n) is 5.58. The molecule has 20 heavy (non-hydrogen) atoms. The molecule has 2 aliphatic heterocycles. The van der Waals surface area contributed by atoms with Crippen molar-refractivity contribution in [2.45, 2.75) is 6.04 Å². The van der Waals surface area contributed by atoms with E-state index in [2.05, 4.69) is 26.5 Å². The van der Waals surface area contributed by atoms with Gasteiger partial charge in [0.2, 0.25) is 0 Å². The maximum Gasteiger partial charge on any atom is 0.151 e. The Balaban J connectivity index is 1.55. The van der Waals surface area contributed by atoms with Crippen molar-refractivity contribution >= 4 is 11.5 Å². The van der Waals surface area contributed by atoms with Crippen LogP contribution in [0.3, 0.4) is 0 Å². The average Bonchev–Trinajstić information content (AvgIpc) is 2.76. The van der Waals surface area contributed by atoms with Crippen molar-refractivity contribution in [2.24, 2.45) is 5.92 Å². The predicted molar refractivity (Wildman–Crippen MR) is 79.4 cm³/mol. The minimum Gasteiger partial charge on any atom is -0.399 e. The summed E-state index contributed by atoms with van der Waals surface area (Å²) in [4.78, 5) is 2.31. The fourth-order valence-corrected chi connectivity index (χ4v) is 2.94. The quantitative estimate of drug-likeness (QED) is 0.799. The van der Waals surface area contributed by atoms with E-state index >= 15 is 0 Å². The van der Waals surface area contributed by atoms with Gasteiger partial charge >= 0.3 is 0 Å². The summed E-state index contributed by atoms with van der Waals surface area (Å²) >= 11 is 0. The van der Waals surface area contributed by atoms with Crippen LogP contribution in [0.15, 0.2) is 36.4 Å². The summed E-state index contributed by atoms with van der Waals surface area (Å²) in [6.07, 6.45) is 0. The number of nitrogens with zero attached hydrogens (tertiary/aromatic N) is 3. The summed E-state index contributed by atoms with van der Waals surface area (Å²) in [6.45, 7) is 3.27. The molecule has 5 heteroatoms. The third-order valence-electron chi connectivity index (χ3n) is 4.26. The third-order valence-corrected chi connectivity index (χ3v) is 4.26. The molecule has 0 saturated carbocycles. The van der Waals surface area contributed by atoms with E-state index in [1.165, 1.54) is 0 Å². The Hall–Kier alpha value is -2.14. The Morgan fingerprint density at radius 3 is 2.45 bits per heavy atom. The molecule has 0 radical (unpaired) electrons. The normalized spacial score (nSPS) is 24.3. The zero-order valence-electron chi connectivity index (χ0n) is 11.2. The monoisotopic (exact) mass is 267 g/mol. The van der Waals surface area contributed by atoms with Crippen LogP contribution in [0.2, 0.25) is 0 Å². The molecule has 102 valence electrons. The average molecular weight is 267 g/mol.